The van der Waals surface area contributed by atoms with Crippen LogP contribution in [0.25, 0.3) is 16.7 Å². The molecular formula is C21H19Cl2N5O2S. The Morgan fingerprint density at radius 1 is 1.10 bits per heavy atom. The fraction of sp³-hybridized carbons (Fsp3) is 0.238. The number of carbonyl (C=O) groups excluding carboxylic acids is 1. The highest BCUT2D eigenvalue weighted by atomic mass is 35.5. The van der Waals surface area contributed by atoms with E-state index in [-0.39, 0.29) is 17.2 Å². The predicted octanol–water partition coefficient (Wildman–Crippen LogP) is 4.88. The van der Waals surface area contributed by atoms with Gasteiger partial charge in [0, 0.05) is 6.54 Å². The summed E-state index contributed by atoms with van der Waals surface area (Å²) in [6.45, 7) is 2.62. The monoisotopic (exact) mass is 475 g/mol. The highest BCUT2D eigenvalue weighted by molar-refractivity contribution is 7.99. The molecular weight excluding hydrogens is 457 g/mol. The van der Waals surface area contributed by atoms with Crippen molar-refractivity contribution in [2.45, 2.75) is 31.5 Å². The smallest absolute Gasteiger partial charge is 0.262 e. The van der Waals surface area contributed by atoms with E-state index in [1.807, 2.05) is 22.6 Å². The number of nitrogens with one attached hydrogen (secondary N) is 1. The molecule has 1 N–H and O–H groups in total. The minimum Gasteiger partial charge on any atom is -0.323 e. The quantitative estimate of drug-likeness (QED) is 0.385. The van der Waals surface area contributed by atoms with Gasteiger partial charge in [-0.3, -0.25) is 18.6 Å². The van der Waals surface area contributed by atoms with Crippen LogP contribution in [0.4, 0.5) is 5.69 Å². The van der Waals surface area contributed by atoms with Crippen molar-refractivity contribution in [1.29, 1.82) is 0 Å². The molecule has 0 unspecified atom stereocenters. The molecule has 4 aromatic rings. The largest absolute Gasteiger partial charge is 0.323 e. The van der Waals surface area contributed by atoms with Gasteiger partial charge < -0.3 is 5.32 Å². The van der Waals surface area contributed by atoms with Crippen molar-refractivity contribution < 1.29 is 4.79 Å². The number of thioether (sulfide) groups is 1. The van der Waals surface area contributed by atoms with E-state index >= 15 is 0 Å². The Labute approximate surface area is 192 Å². The molecule has 2 aromatic carbocycles. The first kappa shape index (κ1) is 21.7. The van der Waals surface area contributed by atoms with Crippen LogP contribution in [0.3, 0.4) is 0 Å². The van der Waals surface area contributed by atoms with Crippen molar-refractivity contribution in [2.24, 2.45) is 0 Å². The zero-order chi connectivity index (χ0) is 22.0. The Hall–Kier alpha value is -2.55. The number of anilines is 1. The van der Waals surface area contributed by atoms with Gasteiger partial charge in [0.15, 0.2) is 5.16 Å². The number of halogens is 2. The van der Waals surface area contributed by atoms with Gasteiger partial charge in [-0.25, -0.2) is 0 Å². The van der Waals surface area contributed by atoms with Gasteiger partial charge in [0.1, 0.15) is 0 Å². The summed E-state index contributed by atoms with van der Waals surface area (Å²) in [6.07, 6.45) is 1.80. The number of hydrogen-bond acceptors (Lipinski definition) is 5. The van der Waals surface area contributed by atoms with Crippen molar-refractivity contribution in [3.8, 4) is 0 Å². The Balaban J connectivity index is 1.66. The number of amides is 1. The molecule has 1 amide bonds. The molecule has 0 radical (unpaired) electrons. The van der Waals surface area contributed by atoms with Gasteiger partial charge in [0.2, 0.25) is 11.7 Å². The minimum absolute atomic E-state index is 0.0742. The maximum absolute atomic E-state index is 13.0. The Bertz CT molecular complexity index is 1310. The zero-order valence-corrected chi connectivity index (χ0v) is 19.0. The predicted molar refractivity (Wildman–Crippen MR) is 125 cm³/mol. The van der Waals surface area contributed by atoms with Crippen molar-refractivity contribution in [3.63, 3.8) is 0 Å². The maximum Gasteiger partial charge on any atom is 0.262 e. The summed E-state index contributed by atoms with van der Waals surface area (Å²) < 4.78 is 3.47. The fourth-order valence-corrected chi connectivity index (χ4v) is 4.50. The SMILES string of the molecule is CCCCn1c(=O)c2ccccc2n2c(SCC(=O)Nc3c(Cl)cccc3Cl)nnc12. The van der Waals surface area contributed by atoms with Gasteiger partial charge >= 0.3 is 0 Å². The number of aryl methyl sites for hydroxylation is 1. The van der Waals surface area contributed by atoms with E-state index in [9.17, 15) is 9.59 Å². The van der Waals surface area contributed by atoms with Gasteiger partial charge in [-0.1, -0.05) is 66.5 Å². The lowest BCUT2D eigenvalue weighted by molar-refractivity contribution is -0.113. The first-order valence-electron chi connectivity index (χ1n) is 9.74. The lowest BCUT2D eigenvalue weighted by Gasteiger charge is -2.11. The normalized spacial score (nSPS) is 11.3. The van der Waals surface area contributed by atoms with Crippen LogP contribution in [0, 0.1) is 0 Å². The molecule has 0 saturated heterocycles. The molecule has 0 saturated carbocycles. The number of unbranched alkanes of at least 4 members (excludes halogenated alkanes) is 1. The highest BCUT2D eigenvalue weighted by Gasteiger charge is 2.18. The summed E-state index contributed by atoms with van der Waals surface area (Å²) in [5.41, 5.74) is 0.991. The van der Waals surface area contributed by atoms with Crippen LogP contribution >= 0.6 is 35.0 Å². The second-order valence-electron chi connectivity index (χ2n) is 6.88. The van der Waals surface area contributed by atoms with Crippen molar-refractivity contribution >= 4 is 63.2 Å². The summed E-state index contributed by atoms with van der Waals surface area (Å²) in [7, 11) is 0. The number of benzene rings is 2. The molecule has 0 atom stereocenters. The van der Waals surface area contributed by atoms with Crippen LogP contribution in [0.5, 0.6) is 0 Å². The van der Waals surface area contributed by atoms with Crippen molar-refractivity contribution in [2.75, 3.05) is 11.1 Å². The van der Waals surface area contributed by atoms with Crippen molar-refractivity contribution in [3.05, 3.63) is 62.9 Å². The summed E-state index contributed by atoms with van der Waals surface area (Å²) >= 11 is 13.5. The third-order valence-electron chi connectivity index (χ3n) is 4.77. The molecule has 0 aliphatic heterocycles. The molecule has 31 heavy (non-hydrogen) atoms. The average Bonchev–Trinajstić information content (AvgIpc) is 3.19. The van der Waals surface area contributed by atoms with Gasteiger partial charge in [0.25, 0.3) is 5.56 Å². The summed E-state index contributed by atoms with van der Waals surface area (Å²) in [4.78, 5) is 25.5. The topological polar surface area (TPSA) is 81.3 Å². The Morgan fingerprint density at radius 3 is 2.58 bits per heavy atom. The number of carbonyl (C=O) groups is 1. The average molecular weight is 476 g/mol. The number of nitrogens with zero attached hydrogens (tertiary/aromatic N) is 4. The molecule has 10 heteroatoms. The number of rotatable bonds is 7. The van der Waals surface area contributed by atoms with Gasteiger partial charge in [-0.2, -0.15) is 0 Å². The van der Waals surface area contributed by atoms with E-state index in [1.54, 1.807) is 28.8 Å². The first-order valence-corrected chi connectivity index (χ1v) is 11.5. The van der Waals surface area contributed by atoms with E-state index < -0.39 is 0 Å². The molecule has 2 heterocycles. The summed E-state index contributed by atoms with van der Waals surface area (Å²) in [5.74, 6) is 0.264. The molecule has 0 fully saturated rings. The Kier molecular flexibility index (Phi) is 6.50. The van der Waals surface area contributed by atoms with E-state index in [1.165, 1.54) is 11.8 Å². The van der Waals surface area contributed by atoms with Gasteiger partial charge in [-0.05, 0) is 30.7 Å². The van der Waals surface area contributed by atoms with Crippen molar-refractivity contribution in [1.82, 2.24) is 19.2 Å². The second kappa shape index (κ2) is 9.30. The van der Waals surface area contributed by atoms with Crippen LogP contribution in [0.15, 0.2) is 52.4 Å². The molecule has 0 aliphatic carbocycles. The lowest BCUT2D eigenvalue weighted by Crippen LogP contribution is -2.23. The number of para-hydroxylation sites is 2. The highest BCUT2D eigenvalue weighted by Crippen LogP contribution is 2.30. The van der Waals surface area contributed by atoms with Crippen LogP contribution < -0.4 is 10.9 Å². The second-order valence-corrected chi connectivity index (χ2v) is 8.64. The van der Waals surface area contributed by atoms with Crippen LogP contribution in [0.2, 0.25) is 10.0 Å². The van der Waals surface area contributed by atoms with E-state index in [0.717, 1.165) is 12.8 Å². The molecule has 7 nitrogen and oxygen atoms in total. The fourth-order valence-electron chi connectivity index (χ4n) is 3.27. The molecule has 0 aliphatic rings. The Morgan fingerprint density at radius 2 is 1.84 bits per heavy atom. The summed E-state index contributed by atoms with van der Waals surface area (Å²) in [6, 6.07) is 12.4. The molecule has 2 aromatic heterocycles. The molecule has 4 rings (SSSR count). The molecule has 0 bridgehead atoms. The van der Waals surface area contributed by atoms with E-state index in [4.69, 9.17) is 23.2 Å². The third-order valence-corrected chi connectivity index (χ3v) is 6.33. The lowest BCUT2D eigenvalue weighted by atomic mass is 10.2. The number of hydrogen-bond donors (Lipinski definition) is 1. The van der Waals surface area contributed by atoms with Gasteiger partial charge in [-0.15, -0.1) is 10.2 Å². The number of aromatic nitrogens is 4. The minimum atomic E-state index is -0.277. The first-order chi connectivity index (χ1) is 15.0. The van der Waals surface area contributed by atoms with Crippen LogP contribution in [-0.4, -0.2) is 30.8 Å². The molecule has 160 valence electrons. The number of fused-ring (bicyclic) bond motifs is 3. The third kappa shape index (κ3) is 4.28. The van der Waals surface area contributed by atoms with Crippen LogP contribution in [-0.2, 0) is 11.3 Å². The zero-order valence-electron chi connectivity index (χ0n) is 16.6. The maximum atomic E-state index is 13.0. The standard InChI is InChI=1S/C21H19Cl2N5O2S/c1-2-3-11-27-19(30)13-7-4-5-10-16(13)28-20(27)25-26-21(28)31-12-17(29)24-18-14(22)8-6-9-15(18)23/h4-10H,2-3,11-12H2,1H3,(H,24,29). The van der Waals surface area contributed by atoms with E-state index in [2.05, 4.69) is 22.4 Å². The van der Waals surface area contributed by atoms with E-state index in [0.29, 0.717) is 44.1 Å². The van der Waals surface area contributed by atoms with Gasteiger partial charge in [0.05, 0.1) is 32.4 Å². The summed E-state index contributed by atoms with van der Waals surface area (Å²) in [5, 5.41) is 13.1. The van der Waals surface area contributed by atoms with Crippen LogP contribution in [0.1, 0.15) is 19.8 Å². The molecule has 0 spiro atoms.